The van der Waals surface area contributed by atoms with Gasteiger partial charge in [0.05, 0.1) is 24.4 Å². The quantitative estimate of drug-likeness (QED) is 0.880. The zero-order valence-electron chi connectivity index (χ0n) is 13.5. The number of amides is 1. The number of alkyl halides is 3. The molecule has 0 radical (unpaired) electrons. The third-order valence-electron chi connectivity index (χ3n) is 3.85. The number of hydrogen-bond acceptors (Lipinski definition) is 5. The van der Waals surface area contributed by atoms with E-state index in [1.54, 1.807) is 0 Å². The van der Waals surface area contributed by atoms with Crippen LogP contribution in [0.5, 0.6) is 0 Å². The molecule has 1 aliphatic rings. The SMILES string of the molecule is C[C@@H]1Cc2c(C(=O)NCc3nccc(C(F)(F)F)n3)n[nH]c2[C@H](C)O1. The van der Waals surface area contributed by atoms with Crippen molar-refractivity contribution in [2.24, 2.45) is 0 Å². The molecule has 0 bridgehead atoms. The molecule has 134 valence electrons. The lowest BCUT2D eigenvalue weighted by Crippen LogP contribution is -2.28. The summed E-state index contributed by atoms with van der Waals surface area (Å²) in [7, 11) is 0. The van der Waals surface area contributed by atoms with E-state index in [0.717, 1.165) is 23.5 Å². The number of nitrogens with zero attached hydrogens (tertiary/aromatic N) is 3. The van der Waals surface area contributed by atoms with Crippen LogP contribution in [0, 0.1) is 0 Å². The molecule has 0 aliphatic carbocycles. The number of fused-ring (bicyclic) bond motifs is 1. The van der Waals surface area contributed by atoms with Crippen LogP contribution in [0.3, 0.4) is 0 Å². The Morgan fingerprint density at radius 3 is 2.92 bits per heavy atom. The molecule has 25 heavy (non-hydrogen) atoms. The van der Waals surface area contributed by atoms with Crippen LogP contribution in [-0.2, 0) is 23.9 Å². The third-order valence-corrected chi connectivity index (χ3v) is 3.85. The first-order valence-electron chi connectivity index (χ1n) is 7.65. The lowest BCUT2D eigenvalue weighted by molar-refractivity contribution is -0.141. The van der Waals surface area contributed by atoms with Gasteiger partial charge in [-0.25, -0.2) is 9.97 Å². The van der Waals surface area contributed by atoms with E-state index < -0.39 is 17.8 Å². The average Bonchev–Trinajstić information content (AvgIpc) is 2.96. The number of aromatic amines is 1. The molecule has 2 atom stereocenters. The van der Waals surface area contributed by atoms with Crippen molar-refractivity contribution in [3.05, 3.63) is 40.7 Å². The summed E-state index contributed by atoms with van der Waals surface area (Å²) in [6.45, 7) is 3.52. The first kappa shape index (κ1) is 17.3. The van der Waals surface area contributed by atoms with Gasteiger partial charge in [0.1, 0.15) is 11.5 Å². The van der Waals surface area contributed by atoms with Crippen LogP contribution in [0.4, 0.5) is 13.2 Å². The molecular formula is C15H16F3N5O2. The topological polar surface area (TPSA) is 92.8 Å². The predicted octanol–water partition coefficient (Wildman–Crippen LogP) is 2.17. The smallest absolute Gasteiger partial charge is 0.369 e. The molecule has 0 saturated heterocycles. The molecule has 3 heterocycles. The van der Waals surface area contributed by atoms with E-state index in [1.165, 1.54) is 0 Å². The van der Waals surface area contributed by atoms with Gasteiger partial charge in [-0.3, -0.25) is 9.89 Å². The van der Waals surface area contributed by atoms with Crippen molar-refractivity contribution in [2.45, 2.75) is 45.2 Å². The molecule has 2 N–H and O–H groups in total. The molecule has 1 aliphatic heterocycles. The minimum Gasteiger partial charge on any atom is -0.369 e. The van der Waals surface area contributed by atoms with Gasteiger partial charge in [0, 0.05) is 18.2 Å². The fourth-order valence-corrected chi connectivity index (χ4v) is 2.75. The van der Waals surface area contributed by atoms with Gasteiger partial charge >= 0.3 is 6.18 Å². The first-order chi connectivity index (χ1) is 11.8. The zero-order valence-corrected chi connectivity index (χ0v) is 13.5. The highest BCUT2D eigenvalue weighted by atomic mass is 19.4. The van der Waals surface area contributed by atoms with Crippen molar-refractivity contribution in [1.82, 2.24) is 25.5 Å². The van der Waals surface area contributed by atoms with E-state index in [-0.39, 0.29) is 30.3 Å². The van der Waals surface area contributed by atoms with E-state index in [2.05, 4.69) is 25.5 Å². The number of halogens is 3. The summed E-state index contributed by atoms with van der Waals surface area (Å²) in [5.41, 5.74) is 0.653. The standard InChI is InChI=1S/C15H16F3N5O2/c1-7-5-9-12(8(2)25-7)22-23-13(9)14(24)20-6-11-19-4-3-10(21-11)15(16,17)18/h3-4,7-8H,5-6H2,1-2H3,(H,20,24)(H,22,23)/t7-,8+/m1/s1. The third kappa shape index (κ3) is 3.63. The Balaban J connectivity index is 1.72. The monoisotopic (exact) mass is 355 g/mol. The number of carbonyl (C=O) groups is 1. The second kappa shape index (κ2) is 6.43. The van der Waals surface area contributed by atoms with Crippen molar-refractivity contribution in [3.8, 4) is 0 Å². The predicted molar refractivity (Wildman–Crippen MR) is 79.5 cm³/mol. The summed E-state index contributed by atoms with van der Waals surface area (Å²) in [4.78, 5) is 19.5. The first-order valence-corrected chi connectivity index (χ1v) is 7.65. The van der Waals surface area contributed by atoms with Gasteiger partial charge in [0.2, 0.25) is 0 Å². The molecule has 1 amide bonds. The maximum absolute atomic E-state index is 12.6. The molecule has 7 nitrogen and oxygen atoms in total. The molecule has 2 aromatic rings. The van der Waals surface area contributed by atoms with Crippen LogP contribution in [-0.4, -0.2) is 32.2 Å². The minimum atomic E-state index is -4.56. The highest BCUT2D eigenvalue weighted by molar-refractivity contribution is 5.94. The van der Waals surface area contributed by atoms with Gasteiger partial charge < -0.3 is 10.1 Å². The van der Waals surface area contributed by atoms with Crippen LogP contribution in [0.1, 0.15) is 53.2 Å². The Labute approximate surface area is 141 Å². The Morgan fingerprint density at radius 1 is 1.44 bits per heavy atom. The van der Waals surface area contributed by atoms with Gasteiger partial charge in [-0.15, -0.1) is 0 Å². The van der Waals surface area contributed by atoms with Crippen molar-refractivity contribution in [1.29, 1.82) is 0 Å². The molecular weight excluding hydrogens is 339 g/mol. The summed E-state index contributed by atoms with van der Waals surface area (Å²) in [6, 6.07) is 0.776. The zero-order chi connectivity index (χ0) is 18.2. The lowest BCUT2D eigenvalue weighted by atomic mass is 9.99. The van der Waals surface area contributed by atoms with Crippen molar-refractivity contribution in [2.75, 3.05) is 0 Å². The summed E-state index contributed by atoms with van der Waals surface area (Å²) < 4.78 is 43.6. The van der Waals surface area contributed by atoms with Crippen LogP contribution in [0.15, 0.2) is 12.3 Å². The van der Waals surface area contributed by atoms with Crippen LogP contribution in [0.25, 0.3) is 0 Å². The molecule has 0 fully saturated rings. The molecule has 3 rings (SSSR count). The van der Waals surface area contributed by atoms with Crippen molar-refractivity contribution >= 4 is 5.91 Å². The van der Waals surface area contributed by atoms with Gasteiger partial charge in [-0.1, -0.05) is 0 Å². The van der Waals surface area contributed by atoms with Crippen molar-refractivity contribution < 1.29 is 22.7 Å². The van der Waals surface area contributed by atoms with Crippen LogP contribution >= 0.6 is 0 Å². The fourth-order valence-electron chi connectivity index (χ4n) is 2.75. The molecule has 2 aromatic heterocycles. The highest BCUT2D eigenvalue weighted by Crippen LogP contribution is 2.30. The molecule has 0 spiro atoms. The molecule has 0 aromatic carbocycles. The number of aromatic nitrogens is 4. The van der Waals surface area contributed by atoms with Crippen LogP contribution < -0.4 is 5.32 Å². The normalized spacial score (nSPS) is 20.2. The second-order valence-corrected chi connectivity index (χ2v) is 5.80. The fraction of sp³-hybridized carbons (Fsp3) is 0.467. The highest BCUT2D eigenvalue weighted by Gasteiger charge is 2.33. The van der Waals surface area contributed by atoms with E-state index >= 15 is 0 Å². The Bertz CT molecular complexity index is 790. The maximum Gasteiger partial charge on any atom is 0.433 e. The maximum atomic E-state index is 12.6. The summed E-state index contributed by atoms with van der Waals surface area (Å²) in [5.74, 6) is -0.627. The Morgan fingerprint density at radius 2 is 2.20 bits per heavy atom. The average molecular weight is 355 g/mol. The Kier molecular flexibility index (Phi) is 4.46. The number of hydrogen-bond donors (Lipinski definition) is 2. The van der Waals surface area contributed by atoms with E-state index in [9.17, 15) is 18.0 Å². The Hall–Kier alpha value is -2.49. The summed E-state index contributed by atoms with van der Waals surface area (Å²) in [6.07, 6.45) is -3.29. The summed E-state index contributed by atoms with van der Waals surface area (Å²) in [5, 5.41) is 9.31. The second-order valence-electron chi connectivity index (χ2n) is 5.80. The molecule has 10 heteroatoms. The number of H-pyrrole nitrogens is 1. The largest absolute Gasteiger partial charge is 0.433 e. The van der Waals surface area contributed by atoms with E-state index in [4.69, 9.17) is 4.74 Å². The van der Waals surface area contributed by atoms with Crippen molar-refractivity contribution in [3.63, 3.8) is 0 Å². The number of rotatable bonds is 3. The molecule has 0 saturated carbocycles. The lowest BCUT2D eigenvalue weighted by Gasteiger charge is -2.25. The molecule has 0 unspecified atom stereocenters. The number of carbonyl (C=O) groups excluding carboxylic acids is 1. The van der Waals surface area contributed by atoms with Gasteiger partial charge in [0.15, 0.2) is 5.69 Å². The minimum absolute atomic E-state index is 0.0570. The van der Waals surface area contributed by atoms with Crippen LogP contribution in [0.2, 0.25) is 0 Å². The van der Waals surface area contributed by atoms with Gasteiger partial charge in [-0.2, -0.15) is 18.3 Å². The van der Waals surface area contributed by atoms with E-state index in [1.807, 2.05) is 13.8 Å². The van der Waals surface area contributed by atoms with Gasteiger partial charge in [-0.05, 0) is 19.9 Å². The van der Waals surface area contributed by atoms with Gasteiger partial charge in [0.25, 0.3) is 5.91 Å². The number of nitrogens with one attached hydrogen (secondary N) is 2. The van der Waals surface area contributed by atoms with E-state index in [0.29, 0.717) is 6.42 Å². The summed E-state index contributed by atoms with van der Waals surface area (Å²) >= 11 is 0. The number of ether oxygens (including phenoxy) is 1.